The van der Waals surface area contributed by atoms with Crippen molar-refractivity contribution in [1.82, 2.24) is 0 Å². The molecule has 52 heavy (non-hydrogen) atoms. The molecule has 0 heterocycles. The molecule has 0 amide bonds. The minimum absolute atomic E-state index is 0.000905. The Balaban J connectivity index is 1.12. The number of hydrogen-bond donors (Lipinski definition) is 1. The fraction of sp³-hybridized carbons (Fsp3) is 0.939. The third-order valence-corrected chi connectivity index (χ3v) is 15.8. The van der Waals surface area contributed by atoms with Crippen LogP contribution in [0.25, 0.3) is 0 Å². The maximum atomic E-state index is 13.3. The summed E-state index contributed by atoms with van der Waals surface area (Å²) in [6.45, 7) is 14.8. The number of carbonyl (C=O) groups is 1. The first kappa shape index (κ1) is 43.9. The molecule has 302 valence electrons. The third kappa shape index (κ3) is 12.3. The lowest BCUT2D eigenvalue weighted by Crippen LogP contribution is -2.60. The van der Waals surface area contributed by atoms with Crippen LogP contribution in [0.3, 0.4) is 0 Å². The number of hydrogen-bond acceptors (Lipinski definition) is 3. The van der Waals surface area contributed by atoms with E-state index in [1.807, 2.05) is 0 Å². The van der Waals surface area contributed by atoms with Crippen molar-refractivity contribution in [2.45, 2.75) is 240 Å². The average molecular weight is 725 g/mol. The van der Waals surface area contributed by atoms with Crippen LogP contribution in [0.1, 0.15) is 228 Å². The van der Waals surface area contributed by atoms with Gasteiger partial charge in [0.05, 0.1) is 6.10 Å². The molecule has 1 unspecified atom stereocenters. The van der Waals surface area contributed by atoms with Crippen LogP contribution >= 0.6 is 0 Å². The van der Waals surface area contributed by atoms with Gasteiger partial charge in [-0.2, -0.15) is 0 Å². The van der Waals surface area contributed by atoms with Crippen molar-refractivity contribution < 1.29 is 14.6 Å². The highest BCUT2D eigenvalue weighted by Crippen LogP contribution is 2.68. The van der Waals surface area contributed by atoms with E-state index in [1.54, 1.807) is 0 Å². The predicted molar refractivity (Wildman–Crippen MR) is 222 cm³/mol. The molecule has 0 radical (unpaired) electrons. The molecule has 0 aliphatic heterocycles. The zero-order valence-electron chi connectivity index (χ0n) is 35.6. The first-order valence-corrected chi connectivity index (χ1v) is 23.6. The van der Waals surface area contributed by atoms with Gasteiger partial charge in [0.25, 0.3) is 0 Å². The first-order valence-electron chi connectivity index (χ1n) is 23.6. The number of fused-ring (bicyclic) bond motifs is 5. The monoisotopic (exact) mass is 725 g/mol. The Hall–Kier alpha value is -0.830. The third-order valence-electron chi connectivity index (χ3n) is 15.8. The smallest absolute Gasteiger partial charge is 0.306 e. The van der Waals surface area contributed by atoms with E-state index in [0.717, 1.165) is 48.9 Å². The van der Waals surface area contributed by atoms with Gasteiger partial charge >= 0.3 is 5.97 Å². The summed E-state index contributed by atoms with van der Waals surface area (Å²) in [5.41, 5.74) is 0.496. The molecule has 3 heteroatoms. The zero-order chi connectivity index (χ0) is 37.4. The van der Waals surface area contributed by atoms with Gasteiger partial charge in [-0.15, -0.1) is 0 Å². The highest BCUT2D eigenvalue weighted by molar-refractivity contribution is 5.69. The summed E-state index contributed by atoms with van der Waals surface area (Å²) in [7, 11) is 0. The van der Waals surface area contributed by atoms with Crippen LogP contribution in [-0.4, -0.2) is 23.3 Å². The molecular formula is C49H88O3. The number of allylic oxidation sites excluding steroid dienone is 2. The quantitative estimate of drug-likeness (QED) is 0.0579. The first-order chi connectivity index (χ1) is 25.1. The van der Waals surface area contributed by atoms with E-state index in [1.165, 1.54) is 154 Å². The maximum absolute atomic E-state index is 13.3. The van der Waals surface area contributed by atoms with Crippen LogP contribution in [0, 0.1) is 52.3 Å². The molecule has 0 aromatic carbocycles. The van der Waals surface area contributed by atoms with Crippen molar-refractivity contribution in [3.63, 3.8) is 0 Å². The van der Waals surface area contributed by atoms with Gasteiger partial charge in [-0.25, -0.2) is 0 Å². The molecule has 4 saturated carbocycles. The molecule has 4 aliphatic rings. The number of carbonyl (C=O) groups excluding carboxylic acids is 1. The van der Waals surface area contributed by atoms with Crippen LogP contribution in [0.15, 0.2) is 12.2 Å². The van der Waals surface area contributed by atoms with E-state index in [9.17, 15) is 9.90 Å². The van der Waals surface area contributed by atoms with Crippen molar-refractivity contribution in [3.05, 3.63) is 12.2 Å². The normalized spacial score (nSPS) is 33.6. The Labute approximate surface area is 324 Å². The van der Waals surface area contributed by atoms with Gasteiger partial charge < -0.3 is 9.84 Å². The lowest BCUT2D eigenvalue weighted by molar-refractivity contribution is -0.203. The Morgan fingerprint density at radius 2 is 1.33 bits per heavy atom. The fourth-order valence-corrected chi connectivity index (χ4v) is 12.7. The van der Waals surface area contributed by atoms with Gasteiger partial charge in [-0.3, -0.25) is 4.79 Å². The largest absolute Gasteiger partial charge is 0.462 e. The van der Waals surface area contributed by atoms with Gasteiger partial charge in [0.15, 0.2) is 0 Å². The van der Waals surface area contributed by atoms with E-state index < -0.39 is 0 Å². The average Bonchev–Trinajstić information content (AvgIpc) is 3.47. The molecule has 4 aliphatic carbocycles. The molecule has 0 bridgehead atoms. The molecule has 0 aromatic rings. The molecule has 0 saturated heterocycles. The molecule has 0 aromatic heterocycles. The summed E-state index contributed by atoms with van der Waals surface area (Å²) in [5, 5.41) is 11.0. The number of rotatable bonds is 25. The lowest BCUT2D eigenvalue weighted by atomic mass is 9.43. The van der Waals surface area contributed by atoms with E-state index in [-0.39, 0.29) is 23.6 Å². The Kier molecular flexibility index (Phi) is 19.1. The summed E-state index contributed by atoms with van der Waals surface area (Å²) in [5.74, 6) is 5.22. The topological polar surface area (TPSA) is 46.5 Å². The Bertz CT molecular complexity index is 1020. The van der Waals surface area contributed by atoms with Gasteiger partial charge in [-0.1, -0.05) is 150 Å². The van der Waals surface area contributed by atoms with Crippen LogP contribution in [0.2, 0.25) is 0 Å². The second-order valence-electron chi connectivity index (χ2n) is 19.9. The molecular weight excluding hydrogens is 637 g/mol. The van der Waals surface area contributed by atoms with Gasteiger partial charge in [0, 0.05) is 18.3 Å². The van der Waals surface area contributed by atoms with Crippen molar-refractivity contribution in [3.8, 4) is 0 Å². The van der Waals surface area contributed by atoms with Crippen LogP contribution in [0.4, 0.5) is 0 Å². The molecule has 1 N–H and O–H groups in total. The molecule has 3 nitrogen and oxygen atoms in total. The van der Waals surface area contributed by atoms with Crippen molar-refractivity contribution in [1.29, 1.82) is 0 Å². The van der Waals surface area contributed by atoms with Crippen molar-refractivity contribution >= 4 is 5.97 Å². The molecule has 10 atom stereocenters. The summed E-state index contributed by atoms with van der Waals surface area (Å²) < 4.78 is 6.48. The van der Waals surface area contributed by atoms with Gasteiger partial charge in [0.1, 0.15) is 6.10 Å². The lowest BCUT2D eigenvalue weighted by Gasteiger charge is -2.62. The van der Waals surface area contributed by atoms with E-state index >= 15 is 0 Å². The van der Waals surface area contributed by atoms with Crippen LogP contribution < -0.4 is 0 Å². The van der Waals surface area contributed by atoms with Crippen LogP contribution in [-0.2, 0) is 9.53 Å². The van der Waals surface area contributed by atoms with E-state index in [2.05, 4.69) is 53.7 Å². The summed E-state index contributed by atoms with van der Waals surface area (Å²) in [4.78, 5) is 13.3. The van der Waals surface area contributed by atoms with Crippen LogP contribution in [0.5, 0.6) is 0 Å². The van der Waals surface area contributed by atoms with Crippen molar-refractivity contribution in [2.75, 3.05) is 0 Å². The van der Waals surface area contributed by atoms with Gasteiger partial charge in [-0.05, 0) is 124 Å². The predicted octanol–water partition coefficient (Wildman–Crippen LogP) is 14.6. The SMILES string of the molecule is CCCCCCCC/C=C\CCCCCCCCCCCC(=O)OC1C[C@@H](O)C[C@H]2CC[C@@H]3[C@@H]4CC[C@H]([C@H](C)CCCC(C)C)[C@@]4(C)CC[C@@H]3[C@@]12C. The summed E-state index contributed by atoms with van der Waals surface area (Å²) in [6.07, 6.45) is 40.9. The molecule has 4 rings (SSSR count). The Morgan fingerprint density at radius 1 is 0.712 bits per heavy atom. The second kappa shape index (κ2) is 22.7. The Morgan fingerprint density at radius 3 is 1.96 bits per heavy atom. The maximum Gasteiger partial charge on any atom is 0.306 e. The van der Waals surface area contributed by atoms with E-state index in [4.69, 9.17) is 4.74 Å². The minimum atomic E-state index is -0.324. The van der Waals surface area contributed by atoms with Gasteiger partial charge in [0.2, 0.25) is 0 Å². The zero-order valence-corrected chi connectivity index (χ0v) is 35.6. The number of esters is 1. The summed E-state index contributed by atoms with van der Waals surface area (Å²) >= 11 is 0. The molecule has 0 spiro atoms. The highest BCUT2D eigenvalue weighted by Gasteiger charge is 2.63. The molecule has 4 fully saturated rings. The van der Waals surface area contributed by atoms with E-state index in [0.29, 0.717) is 30.1 Å². The fourth-order valence-electron chi connectivity index (χ4n) is 12.7. The second-order valence-corrected chi connectivity index (χ2v) is 19.9. The number of ether oxygens (including phenoxy) is 1. The standard InChI is InChI=1S/C49H88O3/c1-7-8-9-10-11-12-13-14-15-16-17-18-19-20-21-22-23-24-25-29-47(51)52-46-37-41(50)36-40-30-31-42-44-33-32-43(39(4)28-26-27-38(2)3)48(44,5)35-34-45(42)49(40,46)6/h14-15,38-46,50H,7-13,16-37H2,1-6H3/b15-14-/t39-,40-,41+,42-,43-,44+,45+,46?,48-,49+/m1/s1. The van der Waals surface area contributed by atoms with Crippen molar-refractivity contribution in [2.24, 2.45) is 52.3 Å². The number of unbranched alkanes of at least 4 members (excludes halogenated alkanes) is 15. The minimum Gasteiger partial charge on any atom is -0.462 e. The number of aliphatic hydroxyl groups excluding tert-OH is 1. The highest BCUT2D eigenvalue weighted by atomic mass is 16.5. The summed E-state index contributed by atoms with van der Waals surface area (Å²) in [6, 6.07) is 0. The number of aliphatic hydroxyl groups is 1.